The van der Waals surface area contributed by atoms with E-state index in [1.807, 2.05) is 0 Å². The van der Waals surface area contributed by atoms with Crippen LogP contribution in [0, 0.1) is 17.1 Å². The van der Waals surface area contributed by atoms with Crippen molar-refractivity contribution in [1.82, 2.24) is 0 Å². The molecule has 0 saturated carbocycles. The van der Waals surface area contributed by atoms with E-state index in [0.29, 0.717) is 12.1 Å². The molecule has 6 heteroatoms. The zero-order valence-corrected chi connectivity index (χ0v) is 8.73. The minimum Gasteiger partial charge on any atom is -0.206 e. The van der Waals surface area contributed by atoms with Crippen molar-refractivity contribution in [1.29, 1.82) is 5.26 Å². The summed E-state index contributed by atoms with van der Waals surface area (Å²) < 4.78 is 49.6. The van der Waals surface area contributed by atoms with Crippen LogP contribution in [0.3, 0.4) is 0 Å². The molecule has 0 fully saturated rings. The van der Waals surface area contributed by atoms with Gasteiger partial charge < -0.3 is 0 Å². The van der Waals surface area contributed by atoms with Crippen LogP contribution in [0.25, 0.3) is 0 Å². The molecule has 0 aliphatic heterocycles. The minimum absolute atomic E-state index is 0.0752. The van der Waals surface area contributed by atoms with Crippen LogP contribution >= 0.6 is 15.9 Å². The zero-order chi connectivity index (χ0) is 11.6. The van der Waals surface area contributed by atoms with Crippen molar-refractivity contribution in [3.8, 4) is 6.07 Å². The summed E-state index contributed by atoms with van der Waals surface area (Å²) in [6, 6.07) is 4.16. The first-order chi connectivity index (χ1) is 6.86. The third-order valence-electron chi connectivity index (χ3n) is 1.70. The highest BCUT2D eigenvalue weighted by Crippen LogP contribution is 2.34. The number of alkyl halides is 4. The van der Waals surface area contributed by atoms with Crippen molar-refractivity contribution in [3.05, 3.63) is 35.1 Å². The third kappa shape index (κ3) is 2.69. The molecule has 1 aromatic carbocycles. The maximum absolute atomic E-state index is 12.8. The molecule has 0 radical (unpaired) electrons. The van der Waals surface area contributed by atoms with Gasteiger partial charge in [0.05, 0.1) is 11.6 Å². The van der Waals surface area contributed by atoms with Crippen molar-refractivity contribution < 1.29 is 17.6 Å². The summed E-state index contributed by atoms with van der Waals surface area (Å²) in [4.78, 5) is -0.876. The second-order valence-corrected chi connectivity index (χ2v) is 3.64. The Morgan fingerprint density at radius 2 is 1.93 bits per heavy atom. The molecular weight excluding hydrogens is 278 g/mol. The molecule has 0 heterocycles. The first kappa shape index (κ1) is 12.0. The van der Waals surface area contributed by atoms with Crippen LogP contribution in [0.5, 0.6) is 0 Å². The predicted octanol–water partition coefficient (Wildman–Crippen LogP) is 3.80. The number of halogens is 5. The normalized spacial score (nSPS) is 13.3. The van der Waals surface area contributed by atoms with Gasteiger partial charge in [0.25, 0.3) is 0 Å². The monoisotopic (exact) mass is 281 g/mol. The molecule has 80 valence electrons. The lowest BCUT2D eigenvalue weighted by Crippen LogP contribution is -2.08. The van der Waals surface area contributed by atoms with Gasteiger partial charge in [-0.15, -0.1) is 0 Å². The Kier molecular flexibility index (Phi) is 3.35. The van der Waals surface area contributed by atoms with Gasteiger partial charge in [0.15, 0.2) is 0 Å². The van der Waals surface area contributed by atoms with Crippen LogP contribution in [0.2, 0.25) is 0 Å². The average molecular weight is 282 g/mol. The largest absolute Gasteiger partial charge is 0.419 e. The molecule has 0 aliphatic rings. The molecular formula is C9H4BrF4N. The molecule has 0 bridgehead atoms. The van der Waals surface area contributed by atoms with E-state index in [1.165, 1.54) is 0 Å². The Balaban J connectivity index is 3.24. The Bertz CT molecular complexity index is 408. The van der Waals surface area contributed by atoms with Gasteiger partial charge in [-0.1, -0.05) is 22.0 Å². The molecule has 0 saturated heterocycles. The van der Waals surface area contributed by atoms with Crippen molar-refractivity contribution >= 4 is 15.9 Å². The van der Waals surface area contributed by atoms with Gasteiger partial charge in [0.2, 0.25) is 0 Å². The summed E-state index contributed by atoms with van der Waals surface area (Å²) in [7, 11) is 0. The van der Waals surface area contributed by atoms with E-state index in [9.17, 15) is 17.6 Å². The smallest absolute Gasteiger partial charge is 0.206 e. The fraction of sp³-hybridized carbons (Fsp3) is 0.222. The van der Waals surface area contributed by atoms with Crippen LogP contribution in [0.4, 0.5) is 17.6 Å². The van der Waals surface area contributed by atoms with Crippen LogP contribution in [0.15, 0.2) is 18.2 Å². The lowest BCUT2D eigenvalue weighted by molar-refractivity contribution is -0.140. The number of hydrogen-bond acceptors (Lipinski definition) is 1. The number of benzene rings is 1. The average Bonchev–Trinajstić information content (AvgIpc) is 2.15. The van der Waals surface area contributed by atoms with Crippen molar-refractivity contribution in [2.75, 3.05) is 0 Å². The summed E-state index contributed by atoms with van der Waals surface area (Å²) in [5.41, 5.74) is -1.29. The second kappa shape index (κ2) is 4.19. The maximum Gasteiger partial charge on any atom is 0.419 e. The van der Waals surface area contributed by atoms with Gasteiger partial charge in [-0.2, -0.15) is 18.4 Å². The van der Waals surface area contributed by atoms with Gasteiger partial charge in [0.1, 0.15) is 10.6 Å². The van der Waals surface area contributed by atoms with Crippen LogP contribution in [0.1, 0.15) is 16.0 Å². The maximum atomic E-state index is 12.8. The first-order valence-electron chi connectivity index (χ1n) is 3.76. The quantitative estimate of drug-likeness (QED) is 0.567. The fourth-order valence-corrected chi connectivity index (χ4v) is 1.28. The summed E-state index contributed by atoms with van der Waals surface area (Å²) >= 11 is 2.86. The van der Waals surface area contributed by atoms with Crippen LogP contribution in [-0.2, 0) is 6.18 Å². The predicted molar refractivity (Wildman–Crippen MR) is 48.7 cm³/mol. The summed E-state index contributed by atoms with van der Waals surface area (Å²) in [5, 5.41) is 8.48. The molecule has 15 heavy (non-hydrogen) atoms. The molecule has 0 N–H and O–H groups in total. The Morgan fingerprint density at radius 1 is 1.33 bits per heavy atom. The fourth-order valence-electron chi connectivity index (χ4n) is 0.992. The van der Waals surface area contributed by atoms with Gasteiger partial charge in [-0.25, -0.2) is 4.39 Å². The van der Waals surface area contributed by atoms with Crippen LogP contribution < -0.4 is 0 Å². The zero-order valence-electron chi connectivity index (χ0n) is 7.15. The summed E-state index contributed by atoms with van der Waals surface area (Å²) in [6.07, 6.45) is -4.75. The number of nitrogens with zero attached hydrogens (tertiary/aromatic N) is 1. The Hall–Kier alpha value is -1.09. The highest BCUT2D eigenvalue weighted by atomic mass is 79.9. The summed E-state index contributed by atoms with van der Waals surface area (Å²) in [5.74, 6) is -1.34. The Labute approximate surface area is 91.4 Å². The lowest BCUT2D eigenvalue weighted by Gasteiger charge is -2.10. The highest BCUT2D eigenvalue weighted by molar-refractivity contribution is 9.09. The second-order valence-electron chi connectivity index (χ2n) is 2.73. The van der Waals surface area contributed by atoms with E-state index in [1.54, 1.807) is 6.07 Å². The molecule has 0 aromatic heterocycles. The van der Waals surface area contributed by atoms with E-state index >= 15 is 0 Å². The van der Waals surface area contributed by atoms with Crippen molar-refractivity contribution in [2.24, 2.45) is 0 Å². The van der Waals surface area contributed by atoms with Gasteiger partial charge in [-0.05, 0) is 17.7 Å². The number of nitriles is 1. The molecule has 1 aromatic rings. The van der Waals surface area contributed by atoms with E-state index in [4.69, 9.17) is 5.26 Å². The SMILES string of the molecule is N#CC(Br)c1ccc(F)c(C(F)(F)F)c1. The Morgan fingerprint density at radius 3 is 2.40 bits per heavy atom. The van der Waals surface area contributed by atoms with E-state index < -0.39 is 22.4 Å². The molecule has 1 rings (SSSR count). The molecule has 1 atom stereocenters. The topological polar surface area (TPSA) is 23.8 Å². The van der Waals surface area contributed by atoms with Crippen molar-refractivity contribution in [3.63, 3.8) is 0 Å². The number of hydrogen-bond donors (Lipinski definition) is 0. The van der Waals surface area contributed by atoms with Crippen LogP contribution in [-0.4, -0.2) is 0 Å². The molecule has 1 nitrogen and oxygen atoms in total. The lowest BCUT2D eigenvalue weighted by atomic mass is 10.1. The third-order valence-corrected chi connectivity index (χ3v) is 2.44. The molecule has 0 aliphatic carbocycles. The molecule has 0 spiro atoms. The van der Waals surface area contributed by atoms with Gasteiger partial charge in [-0.3, -0.25) is 0 Å². The van der Waals surface area contributed by atoms with E-state index in [0.717, 1.165) is 6.07 Å². The van der Waals surface area contributed by atoms with Crippen molar-refractivity contribution in [2.45, 2.75) is 11.0 Å². The van der Waals surface area contributed by atoms with E-state index in [-0.39, 0.29) is 5.56 Å². The first-order valence-corrected chi connectivity index (χ1v) is 4.68. The minimum atomic E-state index is -4.75. The highest BCUT2D eigenvalue weighted by Gasteiger charge is 2.34. The molecule has 1 unspecified atom stereocenters. The molecule has 0 amide bonds. The standard InChI is InChI=1S/C9H4BrF4N/c10-7(4-15)5-1-2-8(11)6(3-5)9(12,13)14/h1-3,7H. The van der Waals surface area contributed by atoms with Gasteiger partial charge in [0, 0.05) is 0 Å². The summed E-state index contributed by atoms with van der Waals surface area (Å²) in [6.45, 7) is 0. The number of rotatable bonds is 1. The van der Waals surface area contributed by atoms with E-state index in [2.05, 4.69) is 15.9 Å². The van der Waals surface area contributed by atoms with Gasteiger partial charge >= 0.3 is 6.18 Å².